The molecule has 1 aromatic heterocycles. The Morgan fingerprint density at radius 1 is 1.11 bits per heavy atom. The highest BCUT2D eigenvalue weighted by molar-refractivity contribution is 6.29. The molecule has 92 valence electrons. The van der Waals surface area contributed by atoms with Crippen LogP contribution in [0.25, 0.3) is 0 Å². The Labute approximate surface area is 106 Å². The van der Waals surface area contributed by atoms with Crippen LogP contribution in [0.2, 0.25) is 5.15 Å². The van der Waals surface area contributed by atoms with E-state index in [-0.39, 0.29) is 10.8 Å². The van der Waals surface area contributed by atoms with Gasteiger partial charge in [-0.1, -0.05) is 17.7 Å². The molecule has 1 N–H and O–H groups in total. The summed E-state index contributed by atoms with van der Waals surface area (Å²) in [6.45, 7) is 0. The van der Waals surface area contributed by atoms with Crippen molar-refractivity contribution in [1.29, 1.82) is 0 Å². The molecule has 0 radical (unpaired) electrons. The molecule has 7 heteroatoms. The van der Waals surface area contributed by atoms with E-state index in [4.69, 9.17) is 11.6 Å². The lowest BCUT2D eigenvalue weighted by Gasteiger charge is -2.06. The molecule has 2 rings (SSSR count). The number of rotatable bonds is 2. The average molecular weight is 270 g/mol. The van der Waals surface area contributed by atoms with Gasteiger partial charge in [0.15, 0.2) is 10.8 Å². The van der Waals surface area contributed by atoms with Crippen molar-refractivity contribution in [1.82, 2.24) is 10.2 Å². The number of hydrogen-bond donors (Lipinski definition) is 1. The Morgan fingerprint density at radius 2 is 1.78 bits per heavy atom. The summed E-state index contributed by atoms with van der Waals surface area (Å²) in [5.41, 5.74) is -0.624. The van der Waals surface area contributed by atoms with E-state index in [2.05, 4.69) is 15.5 Å². The molecule has 0 saturated carbocycles. The smallest absolute Gasteiger partial charge is 0.276 e. The van der Waals surface area contributed by atoms with Crippen molar-refractivity contribution in [3.63, 3.8) is 0 Å². The molecule has 2 aromatic rings. The Bertz CT molecular complexity index is 569. The van der Waals surface area contributed by atoms with Crippen molar-refractivity contribution in [2.75, 3.05) is 5.32 Å². The van der Waals surface area contributed by atoms with Crippen LogP contribution in [0.4, 0.5) is 14.5 Å². The first-order valence-electron chi connectivity index (χ1n) is 4.82. The minimum absolute atomic E-state index is 0.0953. The Morgan fingerprint density at radius 3 is 2.33 bits per heavy atom. The molecule has 1 amide bonds. The Kier molecular flexibility index (Phi) is 3.47. The minimum Gasteiger partial charge on any atom is -0.316 e. The number of aromatic nitrogens is 2. The van der Waals surface area contributed by atoms with E-state index >= 15 is 0 Å². The zero-order valence-corrected chi connectivity index (χ0v) is 9.58. The maximum Gasteiger partial charge on any atom is 0.276 e. The van der Waals surface area contributed by atoms with Crippen LogP contribution in [-0.2, 0) is 0 Å². The molecule has 0 aliphatic carbocycles. The number of hydrogen-bond acceptors (Lipinski definition) is 3. The van der Waals surface area contributed by atoms with Crippen LogP contribution >= 0.6 is 11.6 Å². The van der Waals surface area contributed by atoms with E-state index in [0.29, 0.717) is 0 Å². The van der Waals surface area contributed by atoms with E-state index in [0.717, 1.165) is 12.1 Å². The van der Waals surface area contributed by atoms with E-state index in [1.807, 2.05) is 0 Å². The lowest BCUT2D eigenvalue weighted by Crippen LogP contribution is -2.16. The van der Waals surface area contributed by atoms with Crippen LogP contribution < -0.4 is 5.32 Å². The molecular weight excluding hydrogens is 264 g/mol. The van der Waals surface area contributed by atoms with Gasteiger partial charge in [-0.15, -0.1) is 10.2 Å². The zero-order valence-electron chi connectivity index (χ0n) is 8.82. The highest BCUT2D eigenvalue weighted by atomic mass is 35.5. The molecule has 18 heavy (non-hydrogen) atoms. The van der Waals surface area contributed by atoms with Crippen LogP contribution in [0.1, 0.15) is 10.5 Å². The second-order valence-corrected chi connectivity index (χ2v) is 3.68. The van der Waals surface area contributed by atoms with Crippen LogP contribution in [0.3, 0.4) is 0 Å². The molecule has 0 aliphatic heterocycles. The van der Waals surface area contributed by atoms with Crippen LogP contribution in [0.5, 0.6) is 0 Å². The van der Waals surface area contributed by atoms with Crippen molar-refractivity contribution in [2.24, 2.45) is 0 Å². The topological polar surface area (TPSA) is 54.9 Å². The molecule has 1 heterocycles. The van der Waals surface area contributed by atoms with Gasteiger partial charge in [0.1, 0.15) is 17.3 Å². The second kappa shape index (κ2) is 5.05. The summed E-state index contributed by atoms with van der Waals surface area (Å²) < 4.78 is 26.6. The van der Waals surface area contributed by atoms with E-state index in [1.165, 1.54) is 18.2 Å². The number of para-hydroxylation sites is 1. The molecule has 0 bridgehead atoms. The SMILES string of the molecule is O=C(Nc1c(F)cccc1F)c1ccc(Cl)nn1. The number of carbonyl (C=O) groups is 1. The Balaban J connectivity index is 2.24. The zero-order chi connectivity index (χ0) is 13.1. The number of nitrogens with zero attached hydrogens (tertiary/aromatic N) is 2. The van der Waals surface area contributed by atoms with Gasteiger partial charge in [0.25, 0.3) is 5.91 Å². The third kappa shape index (κ3) is 2.60. The number of amides is 1. The van der Waals surface area contributed by atoms with Crippen molar-refractivity contribution in [2.45, 2.75) is 0 Å². The van der Waals surface area contributed by atoms with Gasteiger partial charge < -0.3 is 5.32 Å². The first kappa shape index (κ1) is 12.4. The molecule has 0 saturated heterocycles. The lowest BCUT2D eigenvalue weighted by molar-refractivity contribution is 0.102. The summed E-state index contributed by atoms with van der Waals surface area (Å²) in [5.74, 6) is -2.52. The van der Waals surface area contributed by atoms with Gasteiger partial charge in [0, 0.05) is 0 Å². The van der Waals surface area contributed by atoms with Gasteiger partial charge in [-0.3, -0.25) is 4.79 Å². The van der Waals surface area contributed by atoms with E-state index < -0.39 is 23.2 Å². The fraction of sp³-hybridized carbons (Fsp3) is 0. The van der Waals surface area contributed by atoms with Gasteiger partial charge in [0.05, 0.1) is 0 Å². The van der Waals surface area contributed by atoms with Crippen LogP contribution in [0.15, 0.2) is 30.3 Å². The third-order valence-corrected chi connectivity index (χ3v) is 2.27. The van der Waals surface area contributed by atoms with Crippen LogP contribution in [0, 0.1) is 11.6 Å². The van der Waals surface area contributed by atoms with Gasteiger partial charge in [0.2, 0.25) is 0 Å². The highest BCUT2D eigenvalue weighted by Gasteiger charge is 2.14. The number of carbonyl (C=O) groups excluding carboxylic acids is 1. The molecular formula is C11H6ClF2N3O. The van der Waals surface area contributed by atoms with Crippen molar-refractivity contribution >= 4 is 23.2 Å². The quantitative estimate of drug-likeness (QED) is 0.912. The second-order valence-electron chi connectivity index (χ2n) is 3.29. The van der Waals surface area contributed by atoms with E-state index in [1.54, 1.807) is 0 Å². The number of benzene rings is 1. The summed E-state index contributed by atoms with van der Waals surface area (Å²) >= 11 is 5.50. The van der Waals surface area contributed by atoms with Crippen molar-refractivity contribution in [3.8, 4) is 0 Å². The van der Waals surface area contributed by atoms with Gasteiger partial charge in [-0.05, 0) is 24.3 Å². The average Bonchev–Trinajstić information content (AvgIpc) is 2.34. The first-order valence-corrected chi connectivity index (χ1v) is 5.20. The minimum atomic E-state index is -0.870. The number of anilines is 1. The fourth-order valence-corrected chi connectivity index (χ4v) is 1.33. The van der Waals surface area contributed by atoms with Crippen LogP contribution in [-0.4, -0.2) is 16.1 Å². The maximum absolute atomic E-state index is 13.3. The molecule has 0 aliphatic rings. The molecule has 0 atom stereocenters. The lowest BCUT2D eigenvalue weighted by atomic mass is 10.2. The predicted octanol–water partition coefficient (Wildman–Crippen LogP) is 2.66. The first-order chi connectivity index (χ1) is 8.58. The summed E-state index contributed by atoms with van der Waals surface area (Å²) in [4.78, 5) is 11.6. The van der Waals surface area contributed by atoms with Crippen molar-refractivity contribution < 1.29 is 13.6 Å². The van der Waals surface area contributed by atoms with E-state index in [9.17, 15) is 13.6 Å². The largest absolute Gasteiger partial charge is 0.316 e. The van der Waals surface area contributed by atoms with Gasteiger partial charge in [-0.25, -0.2) is 8.78 Å². The molecule has 4 nitrogen and oxygen atoms in total. The third-order valence-electron chi connectivity index (χ3n) is 2.07. The maximum atomic E-state index is 13.3. The van der Waals surface area contributed by atoms with Gasteiger partial charge in [-0.2, -0.15) is 0 Å². The Hall–Kier alpha value is -2.08. The standard InChI is InChI=1S/C11H6ClF2N3O/c12-9-5-4-8(16-17-9)11(18)15-10-6(13)2-1-3-7(10)14/h1-5H,(H,15,18). The summed E-state index contributed by atoms with van der Waals surface area (Å²) in [7, 11) is 0. The summed E-state index contributed by atoms with van der Waals surface area (Å²) in [6.07, 6.45) is 0. The molecule has 1 aromatic carbocycles. The molecule has 0 unspecified atom stereocenters. The number of nitrogens with one attached hydrogen (secondary N) is 1. The predicted molar refractivity (Wildman–Crippen MR) is 61.4 cm³/mol. The fourth-order valence-electron chi connectivity index (χ4n) is 1.23. The van der Waals surface area contributed by atoms with Gasteiger partial charge >= 0.3 is 0 Å². The highest BCUT2D eigenvalue weighted by Crippen LogP contribution is 2.18. The normalized spacial score (nSPS) is 10.2. The molecule has 0 fully saturated rings. The molecule has 0 spiro atoms. The number of halogens is 3. The van der Waals surface area contributed by atoms with Crippen molar-refractivity contribution in [3.05, 3.63) is 52.8 Å². The monoisotopic (exact) mass is 269 g/mol. The summed E-state index contributed by atoms with van der Waals surface area (Å²) in [6, 6.07) is 5.91. The summed E-state index contributed by atoms with van der Waals surface area (Å²) in [5, 5.41) is 9.14.